The first kappa shape index (κ1) is 14.4. The van der Waals surface area contributed by atoms with Gasteiger partial charge in [-0.2, -0.15) is 0 Å². The van der Waals surface area contributed by atoms with Crippen molar-refractivity contribution in [3.8, 4) is 0 Å². The molecule has 2 atom stereocenters. The van der Waals surface area contributed by atoms with Crippen LogP contribution in [-0.2, 0) is 0 Å². The monoisotopic (exact) mass is 233 g/mol. The van der Waals surface area contributed by atoms with Crippen molar-refractivity contribution in [3.63, 3.8) is 0 Å². The highest BCUT2D eigenvalue weighted by Crippen LogP contribution is 2.20. The molecule has 0 unspecified atom stereocenters. The minimum atomic E-state index is -0.570. The molecule has 0 heterocycles. The van der Waals surface area contributed by atoms with Crippen LogP contribution < -0.4 is 5.73 Å². The summed E-state index contributed by atoms with van der Waals surface area (Å²) in [4.78, 5) is 0. The number of halogens is 2. The van der Waals surface area contributed by atoms with Crippen LogP contribution in [0.5, 0.6) is 0 Å². The van der Waals surface area contributed by atoms with E-state index in [4.69, 9.17) is 5.73 Å². The van der Waals surface area contributed by atoms with Crippen LogP contribution >= 0.6 is 12.4 Å². The first-order valence-corrected chi connectivity index (χ1v) is 4.76. The maximum Gasteiger partial charge on any atom is 0.123 e. The van der Waals surface area contributed by atoms with E-state index in [2.05, 4.69) is 0 Å². The molecule has 0 spiro atoms. The lowest BCUT2D eigenvalue weighted by Gasteiger charge is -2.19. The molecule has 1 aromatic rings. The van der Waals surface area contributed by atoms with Crippen molar-refractivity contribution >= 4 is 12.4 Å². The smallest absolute Gasteiger partial charge is 0.123 e. The van der Waals surface area contributed by atoms with Gasteiger partial charge in [0, 0.05) is 0 Å². The van der Waals surface area contributed by atoms with Gasteiger partial charge in [-0.05, 0) is 36.6 Å². The van der Waals surface area contributed by atoms with Crippen LogP contribution in [0.2, 0.25) is 0 Å². The Kier molecular flexibility index (Phi) is 5.80. The number of hydrogen-bond acceptors (Lipinski definition) is 2. The Hall–Kier alpha value is -0.640. The Morgan fingerprint density at radius 3 is 2.53 bits per heavy atom. The van der Waals surface area contributed by atoms with Gasteiger partial charge >= 0.3 is 0 Å². The first-order valence-electron chi connectivity index (χ1n) is 4.76. The molecule has 0 aliphatic heterocycles. The van der Waals surface area contributed by atoms with Crippen molar-refractivity contribution in [3.05, 3.63) is 35.1 Å². The number of rotatable bonds is 3. The van der Waals surface area contributed by atoms with E-state index >= 15 is 0 Å². The number of aliphatic hydroxyl groups excluding tert-OH is 1. The maximum absolute atomic E-state index is 12.8. The molecular weight excluding hydrogens is 217 g/mol. The van der Waals surface area contributed by atoms with Gasteiger partial charge in [0.25, 0.3) is 0 Å². The fourth-order valence-corrected chi connectivity index (χ4v) is 1.47. The molecule has 1 rings (SSSR count). The zero-order valence-corrected chi connectivity index (χ0v) is 9.72. The summed E-state index contributed by atoms with van der Waals surface area (Å²) in [5, 5.41) is 9.55. The average Bonchev–Trinajstić information content (AvgIpc) is 2.15. The zero-order chi connectivity index (χ0) is 10.7. The highest BCUT2D eigenvalue weighted by atomic mass is 35.5. The molecule has 0 saturated carbocycles. The van der Waals surface area contributed by atoms with Crippen LogP contribution in [0, 0.1) is 12.7 Å². The second-order valence-corrected chi connectivity index (χ2v) is 3.50. The topological polar surface area (TPSA) is 46.2 Å². The van der Waals surface area contributed by atoms with Crippen LogP contribution in [0.15, 0.2) is 18.2 Å². The molecule has 0 amide bonds. The maximum atomic E-state index is 12.8. The van der Waals surface area contributed by atoms with Gasteiger partial charge < -0.3 is 10.8 Å². The van der Waals surface area contributed by atoms with Crippen molar-refractivity contribution in [1.29, 1.82) is 0 Å². The molecule has 4 heteroatoms. The predicted molar refractivity (Wildman–Crippen MR) is 61.6 cm³/mol. The third kappa shape index (κ3) is 3.45. The Balaban J connectivity index is 0.00000196. The Labute approximate surface area is 95.7 Å². The van der Waals surface area contributed by atoms with Crippen LogP contribution in [0.3, 0.4) is 0 Å². The molecule has 0 radical (unpaired) electrons. The third-order valence-corrected chi connectivity index (χ3v) is 2.42. The van der Waals surface area contributed by atoms with Crippen LogP contribution in [0.4, 0.5) is 4.39 Å². The lowest BCUT2D eigenvalue weighted by Crippen LogP contribution is -2.26. The molecule has 0 aromatic heterocycles. The molecular formula is C11H17ClFNO. The predicted octanol–water partition coefficient (Wildman–Crippen LogP) is 2.33. The first-order chi connectivity index (χ1) is 6.56. The molecule has 1 aromatic carbocycles. The Morgan fingerprint density at radius 2 is 2.07 bits per heavy atom. The highest BCUT2D eigenvalue weighted by molar-refractivity contribution is 5.85. The molecule has 86 valence electrons. The minimum Gasteiger partial charge on any atom is -0.391 e. The number of aliphatic hydroxyl groups is 1. The summed E-state index contributed by atoms with van der Waals surface area (Å²) in [7, 11) is 0. The largest absolute Gasteiger partial charge is 0.391 e. The molecule has 0 aliphatic rings. The van der Waals surface area contributed by atoms with E-state index in [-0.39, 0.29) is 18.2 Å². The number of aryl methyl sites for hydroxylation is 1. The Bertz CT molecular complexity index is 319. The summed E-state index contributed by atoms with van der Waals surface area (Å²) in [6.45, 7) is 3.66. The Morgan fingerprint density at radius 1 is 1.47 bits per heavy atom. The van der Waals surface area contributed by atoms with Gasteiger partial charge in [0.05, 0.1) is 12.1 Å². The zero-order valence-electron chi connectivity index (χ0n) is 8.90. The highest BCUT2D eigenvalue weighted by Gasteiger charge is 2.16. The van der Waals surface area contributed by atoms with Gasteiger partial charge in [-0.15, -0.1) is 12.4 Å². The molecule has 0 fully saturated rings. The van der Waals surface area contributed by atoms with Crippen molar-refractivity contribution < 1.29 is 9.50 Å². The molecule has 0 saturated heterocycles. The third-order valence-electron chi connectivity index (χ3n) is 2.42. The molecule has 15 heavy (non-hydrogen) atoms. The van der Waals surface area contributed by atoms with E-state index in [0.29, 0.717) is 6.42 Å². The van der Waals surface area contributed by atoms with E-state index in [1.54, 1.807) is 13.0 Å². The van der Waals surface area contributed by atoms with Crippen molar-refractivity contribution in [2.75, 3.05) is 0 Å². The van der Waals surface area contributed by atoms with E-state index in [1.165, 1.54) is 12.1 Å². The lowest BCUT2D eigenvalue weighted by atomic mass is 9.96. The van der Waals surface area contributed by atoms with Crippen LogP contribution in [0.1, 0.15) is 30.5 Å². The van der Waals surface area contributed by atoms with E-state index in [9.17, 15) is 9.50 Å². The van der Waals surface area contributed by atoms with E-state index < -0.39 is 12.1 Å². The van der Waals surface area contributed by atoms with Crippen molar-refractivity contribution in [2.45, 2.75) is 32.4 Å². The summed E-state index contributed by atoms with van der Waals surface area (Å²) < 4.78 is 12.8. The van der Waals surface area contributed by atoms with Crippen LogP contribution in [0.25, 0.3) is 0 Å². The van der Waals surface area contributed by atoms with E-state index in [0.717, 1.165) is 11.1 Å². The number of hydrogen-bond donors (Lipinski definition) is 2. The average molecular weight is 234 g/mol. The van der Waals surface area contributed by atoms with Gasteiger partial charge in [0.1, 0.15) is 5.82 Å². The molecule has 0 aliphatic carbocycles. The normalized spacial score (nSPS) is 14.2. The standard InChI is InChI=1S/C11H16FNO.ClH/c1-3-10(14)11(13)9-5-4-8(12)6-7(9)2;/h4-6,10-11,14H,3,13H2,1-2H3;1H/t10-,11+;/m0./s1. The quantitative estimate of drug-likeness (QED) is 0.842. The van der Waals surface area contributed by atoms with Gasteiger partial charge in [-0.25, -0.2) is 4.39 Å². The minimum absolute atomic E-state index is 0. The second-order valence-electron chi connectivity index (χ2n) is 3.50. The van der Waals surface area contributed by atoms with Gasteiger partial charge in [-0.1, -0.05) is 13.0 Å². The fourth-order valence-electron chi connectivity index (χ4n) is 1.47. The van der Waals surface area contributed by atoms with Gasteiger partial charge in [-0.3, -0.25) is 0 Å². The van der Waals surface area contributed by atoms with Gasteiger partial charge in [0.2, 0.25) is 0 Å². The second kappa shape index (κ2) is 6.05. The summed E-state index contributed by atoms with van der Waals surface area (Å²) in [5.41, 5.74) is 7.42. The lowest BCUT2D eigenvalue weighted by molar-refractivity contribution is 0.140. The number of nitrogens with two attached hydrogens (primary N) is 1. The molecule has 0 bridgehead atoms. The van der Waals surface area contributed by atoms with Crippen molar-refractivity contribution in [2.24, 2.45) is 5.73 Å². The van der Waals surface area contributed by atoms with Crippen LogP contribution in [-0.4, -0.2) is 11.2 Å². The van der Waals surface area contributed by atoms with E-state index in [1.807, 2.05) is 6.92 Å². The van der Waals surface area contributed by atoms with Gasteiger partial charge in [0.15, 0.2) is 0 Å². The SMILES string of the molecule is CC[C@H](O)[C@H](N)c1ccc(F)cc1C.Cl. The number of benzene rings is 1. The summed E-state index contributed by atoms with van der Waals surface area (Å²) in [5.74, 6) is -0.274. The summed E-state index contributed by atoms with van der Waals surface area (Å²) >= 11 is 0. The fraction of sp³-hybridized carbons (Fsp3) is 0.455. The molecule has 2 nitrogen and oxygen atoms in total. The summed E-state index contributed by atoms with van der Waals surface area (Å²) in [6.07, 6.45) is 0.0250. The van der Waals surface area contributed by atoms with Crippen molar-refractivity contribution in [1.82, 2.24) is 0 Å². The molecule has 3 N–H and O–H groups in total. The summed E-state index contributed by atoms with van der Waals surface area (Å²) in [6, 6.07) is 4.00.